The molecule has 0 aromatic carbocycles. The Bertz CT molecular complexity index is 1530. The van der Waals surface area contributed by atoms with E-state index in [1.54, 1.807) is 19.9 Å². The van der Waals surface area contributed by atoms with Crippen molar-refractivity contribution < 1.29 is 73.0 Å². The Balaban J connectivity index is 0.829. The molecule has 15 heteroatoms. The molecule has 5 N–H and O–H groups in total. The molecule has 4 heterocycles. The first-order valence-corrected chi connectivity index (χ1v) is 21.8. The van der Waals surface area contributed by atoms with Gasteiger partial charge in [-0.15, -0.1) is 0 Å². The topological polar surface area (TPSA) is 209 Å². The molecule has 4 aliphatic carbocycles. The number of fused-ring (bicyclic) bond motifs is 5. The van der Waals surface area contributed by atoms with E-state index in [4.69, 9.17) is 37.9 Å². The molecule has 0 amide bonds. The van der Waals surface area contributed by atoms with Gasteiger partial charge in [0.25, 0.3) is 0 Å². The van der Waals surface area contributed by atoms with Gasteiger partial charge in [-0.2, -0.15) is 0 Å². The molecule has 58 heavy (non-hydrogen) atoms. The molecule has 3 saturated heterocycles. The molecule has 8 rings (SSSR count). The summed E-state index contributed by atoms with van der Waals surface area (Å²) in [6.45, 7) is 11.2. The minimum absolute atomic E-state index is 0.0561. The summed E-state index contributed by atoms with van der Waals surface area (Å²) in [5.74, 6) is -0.345. The predicted molar refractivity (Wildman–Crippen MR) is 202 cm³/mol. The van der Waals surface area contributed by atoms with E-state index < -0.39 is 96.9 Å². The number of carbonyl (C=O) groups is 2. The third-order valence-corrected chi connectivity index (χ3v) is 16.2. The molecule has 0 aromatic rings. The summed E-state index contributed by atoms with van der Waals surface area (Å²) in [6, 6.07) is 0. The van der Waals surface area contributed by atoms with Gasteiger partial charge in [-0.1, -0.05) is 13.8 Å². The van der Waals surface area contributed by atoms with Crippen molar-refractivity contribution >= 4 is 11.9 Å². The Labute approximate surface area is 341 Å². The van der Waals surface area contributed by atoms with Crippen LogP contribution in [-0.2, 0) is 47.5 Å². The fraction of sp³-hybridized carbons (Fsp3) is 0.907. The number of aliphatic hydroxyl groups is 5. The van der Waals surface area contributed by atoms with Crippen molar-refractivity contribution in [1.82, 2.24) is 0 Å². The highest BCUT2D eigenvalue weighted by Crippen LogP contribution is 2.70. The number of cyclic esters (lactones) is 1. The molecule has 7 fully saturated rings. The lowest BCUT2D eigenvalue weighted by atomic mass is 9.42. The van der Waals surface area contributed by atoms with Gasteiger partial charge in [0.05, 0.1) is 48.3 Å². The maximum absolute atomic E-state index is 12.6. The number of esters is 2. The van der Waals surface area contributed by atoms with Gasteiger partial charge in [0.2, 0.25) is 0 Å². The molecular formula is C43H66O15. The van der Waals surface area contributed by atoms with Gasteiger partial charge in [0, 0.05) is 37.7 Å². The summed E-state index contributed by atoms with van der Waals surface area (Å²) >= 11 is 0. The smallest absolute Gasteiger partial charge is 0.331 e. The van der Waals surface area contributed by atoms with Gasteiger partial charge >= 0.3 is 11.9 Å². The minimum atomic E-state index is -1.02. The van der Waals surface area contributed by atoms with Crippen LogP contribution in [0.15, 0.2) is 11.6 Å². The first-order chi connectivity index (χ1) is 27.4. The number of carbonyl (C=O) groups excluding carboxylic acids is 2. The number of rotatable bonds is 8. The van der Waals surface area contributed by atoms with E-state index in [2.05, 4.69) is 6.92 Å². The Morgan fingerprint density at radius 2 is 1.38 bits per heavy atom. The van der Waals surface area contributed by atoms with E-state index >= 15 is 0 Å². The zero-order valence-electron chi connectivity index (χ0n) is 34.8. The number of hydrogen-bond acceptors (Lipinski definition) is 15. The monoisotopic (exact) mass is 822 g/mol. The molecule has 0 radical (unpaired) electrons. The van der Waals surface area contributed by atoms with Crippen molar-refractivity contribution in [2.75, 3.05) is 6.61 Å². The quantitative estimate of drug-likeness (QED) is 0.176. The summed E-state index contributed by atoms with van der Waals surface area (Å²) in [5, 5.41) is 57.3. The maximum atomic E-state index is 12.6. The number of ether oxygens (including phenoxy) is 8. The van der Waals surface area contributed by atoms with E-state index in [1.165, 1.54) is 6.92 Å². The SMILES string of the molecule is CC(=O)O[C@H]1C[C@@H](O[C@H]2[C@@H](O)C[C@H](O[C@H]3[C@@H](O)C[C@H](O[C@H]4CC[C@@]5(C)[C@H](CC[C@@H]6[C@@H]5C[C@@H](O)[C@]5(C)[C@@H](C7=CC(=O)OC7)CC[C@]65O)C4)O[C@@H]3C)O[C@@H]2C)O[C@H](C)[C@H]1O. The minimum Gasteiger partial charge on any atom is -0.459 e. The van der Waals surface area contributed by atoms with Crippen LogP contribution in [0.4, 0.5) is 0 Å². The van der Waals surface area contributed by atoms with Crippen LogP contribution in [0.2, 0.25) is 0 Å². The molecule has 15 nitrogen and oxygen atoms in total. The van der Waals surface area contributed by atoms with Gasteiger partial charge in [0.15, 0.2) is 18.9 Å². The normalized spacial score (nSPS) is 53.2. The van der Waals surface area contributed by atoms with Crippen LogP contribution < -0.4 is 0 Å². The standard InChI is InChI=1S/C43H66O15/c1-20-38(49)32(55-23(4)44)18-37(52-20)58-40-22(3)54-36(17-31(40)46)57-39-21(2)53-35(16-30(39)45)56-26-9-11-41(5)25(14-26)7-8-28-29(41)15-33(47)42(6)27(10-12-43(28,42)50)24-13-34(48)51-19-24/h13,20-22,25-33,35-40,45-47,49-50H,7-12,14-19H2,1-6H3/t20-,21-,22-,25-,26+,27-,28-,29+,30+,31+,32+,33-,35+,36+,37-,38-,39-,40-,41+,42+,43+/m1/s1. The van der Waals surface area contributed by atoms with Crippen LogP contribution in [0.3, 0.4) is 0 Å². The Hall–Kier alpha value is -1.76. The summed E-state index contributed by atoms with van der Waals surface area (Å²) in [6.07, 6.45) is -1.66. The van der Waals surface area contributed by atoms with E-state index in [0.717, 1.165) is 44.1 Å². The number of aliphatic hydroxyl groups excluding tert-OH is 4. The van der Waals surface area contributed by atoms with Crippen LogP contribution >= 0.6 is 0 Å². The first-order valence-electron chi connectivity index (χ1n) is 21.8. The second-order valence-electron chi connectivity index (χ2n) is 19.4. The second-order valence-corrected chi connectivity index (χ2v) is 19.4. The van der Waals surface area contributed by atoms with Gasteiger partial charge in [-0.05, 0) is 107 Å². The lowest BCUT2D eigenvalue weighted by Gasteiger charge is -2.65. The van der Waals surface area contributed by atoms with Crippen LogP contribution in [-0.4, -0.2) is 136 Å². The summed E-state index contributed by atoms with van der Waals surface area (Å²) in [7, 11) is 0. The molecule has 328 valence electrons. The Kier molecular flexibility index (Phi) is 12.0. The summed E-state index contributed by atoms with van der Waals surface area (Å²) in [4.78, 5) is 23.5. The molecule has 4 saturated carbocycles. The van der Waals surface area contributed by atoms with E-state index in [1.807, 2.05) is 13.8 Å². The Morgan fingerprint density at radius 1 is 0.759 bits per heavy atom. The van der Waals surface area contributed by atoms with E-state index in [-0.39, 0.29) is 61.1 Å². The summed E-state index contributed by atoms with van der Waals surface area (Å²) in [5.41, 5.74) is -0.918. The predicted octanol–water partition coefficient (Wildman–Crippen LogP) is 2.79. The average molecular weight is 823 g/mol. The van der Waals surface area contributed by atoms with Crippen molar-refractivity contribution in [3.8, 4) is 0 Å². The average Bonchev–Trinajstić information content (AvgIpc) is 3.70. The summed E-state index contributed by atoms with van der Waals surface area (Å²) < 4.78 is 47.7. The van der Waals surface area contributed by atoms with Gasteiger partial charge < -0.3 is 63.4 Å². The van der Waals surface area contributed by atoms with Gasteiger partial charge in [0.1, 0.15) is 31.0 Å². The highest BCUT2D eigenvalue weighted by Gasteiger charge is 2.71. The molecule has 8 aliphatic rings. The zero-order valence-corrected chi connectivity index (χ0v) is 34.8. The van der Waals surface area contributed by atoms with Crippen LogP contribution in [0.1, 0.15) is 112 Å². The first kappa shape index (κ1) is 42.9. The zero-order chi connectivity index (χ0) is 41.5. The van der Waals surface area contributed by atoms with Gasteiger partial charge in [-0.3, -0.25) is 4.79 Å². The second kappa shape index (κ2) is 16.2. The molecule has 21 atom stereocenters. The van der Waals surface area contributed by atoms with E-state index in [0.29, 0.717) is 18.8 Å². The molecule has 4 aliphatic heterocycles. The highest BCUT2D eigenvalue weighted by molar-refractivity contribution is 5.85. The molecule has 0 spiro atoms. The number of hydrogen-bond donors (Lipinski definition) is 5. The third-order valence-electron chi connectivity index (χ3n) is 16.2. The maximum Gasteiger partial charge on any atom is 0.331 e. The van der Waals surface area contributed by atoms with Crippen molar-refractivity contribution in [1.29, 1.82) is 0 Å². The Morgan fingerprint density at radius 3 is 1.98 bits per heavy atom. The van der Waals surface area contributed by atoms with Crippen LogP contribution in [0, 0.1) is 34.5 Å². The van der Waals surface area contributed by atoms with E-state index in [9.17, 15) is 35.1 Å². The molecular weight excluding hydrogens is 756 g/mol. The fourth-order valence-corrected chi connectivity index (χ4v) is 13.1. The van der Waals surface area contributed by atoms with Crippen molar-refractivity contribution in [3.63, 3.8) is 0 Å². The fourth-order valence-electron chi connectivity index (χ4n) is 13.1. The highest BCUT2D eigenvalue weighted by atomic mass is 16.7. The molecule has 0 bridgehead atoms. The van der Waals surface area contributed by atoms with Crippen LogP contribution in [0.5, 0.6) is 0 Å². The van der Waals surface area contributed by atoms with Crippen LogP contribution in [0.25, 0.3) is 0 Å². The largest absolute Gasteiger partial charge is 0.459 e. The van der Waals surface area contributed by atoms with Crippen molar-refractivity contribution in [2.45, 2.75) is 204 Å². The van der Waals surface area contributed by atoms with Gasteiger partial charge in [-0.25, -0.2) is 4.79 Å². The molecule has 0 aromatic heterocycles. The lowest BCUT2D eigenvalue weighted by molar-refractivity contribution is -0.336. The molecule has 0 unspecified atom stereocenters. The lowest BCUT2D eigenvalue weighted by Crippen LogP contribution is -2.67. The van der Waals surface area contributed by atoms with Crippen molar-refractivity contribution in [2.24, 2.45) is 34.5 Å². The van der Waals surface area contributed by atoms with Crippen molar-refractivity contribution in [3.05, 3.63) is 11.6 Å². The third kappa shape index (κ3) is 7.49.